The summed E-state index contributed by atoms with van der Waals surface area (Å²) in [5.41, 5.74) is 0.689. The molecule has 1 heterocycles. The van der Waals surface area contributed by atoms with E-state index in [9.17, 15) is 9.18 Å². The second kappa shape index (κ2) is 9.07. The Bertz CT molecular complexity index is 967. The Balaban J connectivity index is 1.59. The molecule has 0 unspecified atom stereocenters. The van der Waals surface area contributed by atoms with Crippen LogP contribution >= 0.6 is 27.7 Å². The van der Waals surface area contributed by atoms with Gasteiger partial charge in [-0.15, -0.1) is 10.2 Å². The van der Waals surface area contributed by atoms with E-state index < -0.39 is 11.1 Å². The van der Waals surface area contributed by atoms with Crippen LogP contribution in [0.15, 0.2) is 58.2 Å². The lowest BCUT2D eigenvalue weighted by Gasteiger charge is -2.12. The minimum Gasteiger partial charge on any atom is -0.482 e. The molecule has 28 heavy (non-hydrogen) atoms. The van der Waals surface area contributed by atoms with Gasteiger partial charge in [-0.1, -0.05) is 39.8 Å². The van der Waals surface area contributed by atoms with Crippen LogP contribution in [0.4, 0.5) is 10.1 Å². The van der Waals surface area contributed by atoms with Gasteiger partial charge in [0.05, 0.1) is 5.25 Å². The number of amides is 1. The number of carbonyl (C=O) groups is 1. The average Bonchev–Trinajstić information content (AvgIpc) is 3.02. The summed E-state index contributed by atoms with van der Waals surface area (Å²) in [5.74, 6) is 5.73. The number of aromatic nitrogens is 3. The van der Waals surface area contributed by atoms with Crippen molar-refractivity contribution in [3.8, 4) is 5.75 Å². The molecule has 0 aliphatic rings. The molecule has 1 atom stereocenters. The highest BCUT2D eigenvalue weighted by Gasteiger charge is 2.20. The van der Waals surface area contributed by atoms with Crippen LogP contribution in [-0.2, 0) is 11.4 Å². The lowest BCUT2D eigenvalue weighted by molar-refractivity contribution is -0.115. The van der Waals surface area contributed by atoms with Crippen molar-refractivity contribution in [2.75, 3.05) is 11.2 Å². The highest BCUT2D eigenvalue weighted by molar-refractivity contribution is 9.10. The van der Waals surface area contributed by atoms with Crippen molar-refractivity contribution in [2.45, 2.75) is 23.9 Å². The lowest BCUT2D eigenvalue weighted by atomic mass is 10.3. The fraction of sp³-hybridized carbons (Fsp3) is 0.167. The quantitative estimate of drug-likeness (QED) is 0.408. The molecule has 0 bridgehead atoms. The number of anilines is 1. The average molecular weight is 466 g/mol. The van der Waals surface area contributed by atoms with E-state index >= 15 is 0 Å². The molecular weight excluding hydrogens is 449 g/mol. The van der Waals surface area contributed by atoms with Crippen molar-refractivity contribution in [2.24, 2.45) is 0 Å². The smallest absolute Gasteiger partial charge is 0.237 e. The first-order valence-corrected chi connectivity index (χ1v) is 9.91. The number of nitrogen functional groups attached to an aromatic ring is 1. The predicted octanol–water partition coefficient (Wildman–Crippen LogP) is 3.59. The zero-order valence-corrected chi connectivity index (χ0v) is 17.2. The van der Waals surface area contributed by atoms with Gasteiger partial charge < -0.3 is 15.9 Å². The Kier molecular flexibility index (Phi) is 6.53. The van der Waals surface area contributed by atoms with E-state index in [4.69, 9.17) is 10.6 Å². The van der Waals surface area contributed by atoms with Gasteiger partial charge in [0.2, 0.25) is 11.1 Å². The number of benzene rings is 2. The monoisotopic (exact) mass is 465 g/mol. The van der Waals surface area contributed by atoms with Gasteiger partial charge >= 0.3 is 0 Å². The van der Waals surface area contributed by atoms with E-state index in [1.165, 1.54) is 16.8 Å². The number of rotatable bonds is 7. The molecule has 1 amide bonds. The van der Waals surface area contributed by atoms with Crippen LogP contribution in [0.1, 0.15) is 12.7 Å². The molecule has 0 fully saturated rings. The summed E-state index contributed by atoms with van der Waals surface area (Å²) in [7, 11) is 0. The Labute approximate surface area is 173 Å². The normalized spacial score (nSPS) is 11.8. The lowest BCUT2D eigenvalue weighted by Crippen LogP contribution is -2.24. The highest BCUT2D eigenvalue weighted by atomic mass is 79.9. The third-order valence-corrected chi connectivity index (χ3v) is 5.28. The zero-order chi connectivity index (χ0) is 20.1. The van der Waals surface area contributed by atoms with Crippen molar-refractivity contribution in [3.63, 3.8) is 0 Å². The van der Waals surface area contributed by atoms with E-state index in [2.05, 4.69) is 31.4 Å². The number of halogens is 2. The van der Waals surface area contributed by atoms with Gasteiger partial charge in [-0.2, -0.15) is 0 Å². The third-order valence-electron chi connectivity index (χ3n) is 3.69. The highest BCUT2D eigenvalue weighted by Crippen LogP contribution is 2.23. The maximum atomic E-state index is 13.6. The van der Waals surface area contributed by atoms with Crippen LogP contribution in [0, 0.1) is 5.82 Å². The van der Waals surface area contributed by atoms with Crippen molar-refractivity contribution in [3.05, 3.63) is 64.6 Å². The number of nitrogens with two attached hydrogens (primary N) is 1. The SMILES string of the molecule is C[C@H](Sc1nnc(COc2ccccc2F)n1N)C(=O)Nc1ccc(Br)cc1. The Morgan fingerprint density at radius 3 is 2.71 bits per heavy atom. The first-order chi connectivity index (χ1) is 13.4. The predicted molar refractivity (Wildman–Crippen MR) is 109 cm³/mol. The molecule has 0 saturated carbocycles. The van der Waals surface area contributed by atoms with E-state index in [0.717, 1.165) is 16.2 Å². The van der Waals surface area contributed by atoms with E-state index in [-0.39, 0.29) is 18.3 Å². The van der Waals surface area contributed by atoms with Gasteiger partial charge in [-0.05, 0) is 43.3 Å². The molecule has 146 valence electrons. The molecule has 0 radical (unpaired) electrons. The van der Waals surface area contributed by atoms with Crippen molar-refractivity contribution < 1.29 is 13.9 Å². The molecule has 2 aromatic carbocycles. The molecule has 7 nitrogen and oxygen atoms in total. The number of thioether (sulfide) groups is 1. The largest absolute Gasteiger partial charge is 0.482 e. The van der Waals surface area contributed by atoms with E-state index in [0.29, 0.717) is 16.7 Å². The first-order valence-electron chi connectivity index (χ1n) is 8.24. The summed E-state index contributed by atoms with van der Waals surface area (Å²) >= 11 is 4.51. The van der Waals surface area contributed by atoms with Gasteiger partial charge in [-0.25, -0.2) is 9.07 Å². The second-order valence-corrected chi connectivity index (χ2v) is 7.97. The number of hydrogen-bond acceptors (Lipinski definition) is 6. The topological polar surface area (TPSA) is 95.1 Å². The first kappa shape index (κ1) is 20.2. The van der Waals surface area contributed by atoms with Crippen LogP contribution < -0.4 is 15.9 Å². The maximum Gasteiger partial charge on any atom is 0.237 e. The molecule has 0 aliphatic heterocycles. The molecule has 0 saturated heterocycles. The Hall–Kier alpha value is -2.59. The molecule has 1 aromatic heterocycles. The van der Waals surface area contributed by atoms with Crippen LogP contribution in [-0.4, -0.2) is 26.0 Å². The van der Waals surface area contributed by atoms with E-state index in [1.807, 2.05) is 12.1 Å². The number of para-hydroxylation sites is 1. The summed E-state index contributed by atoms with van der Waals surface area (Å²) in [4.78, 5) is 12.4. The van der Waals surface area contributed by atoms with Crippen LogP contribution in [0.5, 0.6) is 5.75 Å². The number of carbonyl (C=O) groups excluding carboxylic acids is 1. The molecule has 3 rings (SSSR count). The van der Waals surface area contributed by atoms with Crippen molar-refractivity contribution in [1.82, 2.24) is 14.9 Å². The number of hydrogen-bond donors (Lipinski definition) is 2. The molecule has 3 aromatic rings. The van der Waals surface area contributed by atoms with Gasteiger partial charge in [-0.3, -0.25) is 4.79 Å². The minimum absolute atomic E-state index is 0.0511. The molecular formula is C18H17BrFN5O2S. The maximum absolute atomic E-state index is 13.6. The third kappa shape index (κ3) is 5.02. The van der Waals surface area contributed by atoms with Gasteiger partial charge in [0.1, 0.15) is 6.61 Å². The fourth-order valence-corrected chi connectivity index (χ4v) is 3.23. The van der Waals surface area contributed by atoms with Crippen molar-refractivity contribution in [1.29, 1.82) is 0 Å². The molecule has 10 heteroatoms. The molecule has 3 N–H and O–H groups in total. The van der Waals surface area contributed by atoms with Gasteiger partial charge in [0, 0.05) is 10.2 Å². The summed E-state index contributed by atoms with van der Waals surface area (Å²) in [6, 6.07) is 13.3. The zero-order valence-electron chi connectivity index (χ0n) is 14.8. The Morgan fingerprint density at radius 2 is 2.00 bits per heavy atom. The van der Waals surface area contributed by atoms with Crippen LogP contribution in [0.25, 0.3) is 0 Å². The number of nitrogens with one attached hydrogen (secondary N) is 1. The summed E-state index contributed by atoms with van der Waals surface area (Å²) in [6.07, 6.45) is 0. The number of ether oxygens (including phenoxy) is 1. The van der Waals surface area contributed by atoms with Gasteiger partial charge in [0.15, 0.2) is 17.4 Å². The minimum atomic E-state index is -0.474. The Morgan fingerprint density at radius 1 is 1.29 bits per heavy atom. The summed E-state index contributed by atoms with van der Waals surface area (Å²) in [5, 5.41) is 10.6. The summed E-state index contributed by atoms with van der Waals surface area (Å²) in [6.45, 7) is 1.69. The van der Waals surface area contributed by atoms with Crippen LogP contribution in [0.2, 0.25) is 0 Å². The van der Waals surface area contributed by atoms with Crippen molar-refractivity contribution >= 4 is 39.3 Å². The fourth-order valence-electron chi connectivity index (χ4n) is 2.18. The second-order valence-electron chi connectivity index (χ2n) is 5.74. The molecule has 0 spiro atoms. The number of nitrogens with zero attached hydrogens (tertiary/aromatic N) is 3. The van der Waals surface area contributed by atoms with E-state index in [1.54, 1.807) is 31.2 Å². The molecule has 0 aliphatic carbocycles. The van der Waals surface area contributed by atoms with Gasteiger partial charge in [0.25, 0.3) is 0 Å². The standard InChI is InChI=1S/C18H17BrFN5O2S/c1-11(17(26)22-13-8-6-12(19)7-9-13)28-18-24-23-16(25(18)21)10-27-15-5-3-2-4-14(15)20/h2-9,11H,10,21H2,1H3,(H,22,26)/t11-/m0/s1. The summed E-state index contributed by atoms with van der Waals surface area (Å²) < 4.78 is 21.2. The van der Waals surface area contributed by atoms with Crippen LogP contribution in [0.3, 0.4) is 0 Å².